The van der Waals surface area contributed by atoms with Crippen LogP contribution in [0.15, 0.2) is 60.7 Å². The molecule has 1 amide bonds. The van der Waals surface area contributed by atoms with Crippen LogP contribution < -0.4 is 5.32 Å². The number of aromatic hydroxyl groups is 1. The van der Waals surface area contributed by atoms with Crippen molar-refractivity contribution in [2.75, 3.05) is 7.11 Å². The van der Waals surface area contributed by atoms with Gasteiger partial charge in [-0.2, -0.15) is 0 Å². The summed E-state index contributed by atoms with van der Waals surface area (Å²) in [6.45, 7) is 0. The Morgan fingerprint density at radius 3 is 2.67 bits per heavy atom. The smallest absolute Gasteiger partial charge is 0.407 e. The molecule has 122 valence electrons. The molecule has 0 fully saturated rings. The van der Waals surface area contributed by atoms with Gasteiger partial charge in [0.1, 0.15) is 5.75 Å². The van der Waals surface area contributed by atoms with E-state index in [1.165, 1.54) is 7.11 Å². The number of ether oxygens (including phenoxy) is 1. The molecule has 0 heterocycles. The summed E-state index contributed by atoms with van der Waals surface area (Å²) in [6, 6.07) is 17.7. The normalized spacial score (nSPS) is 11.9. The Bertz CT molecular complexity index is 895. The highest BCUT2D eigenvalue weighted by Crippen LogP contribution is 2.36. The Morgan fingerprint density at radius 2 is 1.92 bits per heavy atom. The van der Waals surface area contributed by atoms with Crippen molar-refractivity contribution in [1.82, 2.24) is 5.32 Å². The van der Waals surface area contributed by atoms with Gasteiger partial charge in [-0.15, -0.1) is 0 Å². The lowest BCUT2D eigenvalue weighted by molar-refractivity contribution is 0.168. The number of methoxy groups -OCH3 is 1. The molecule has 0 aliphatic carbocycles. The van der Waals surface area contributed by atoms with Gasteiger partial charge in [-0.25, -0.2) is 4.79 Å². The molecular formula is C19H16ClNO3. The maximum absolute atomic E-state index is 11.9. The van der Waals surface area contributed by atoms with Crippen molar-refractivity contribution >= 4 is 28.5 Å². The summed E-state index contributed by atoms with van der Waals surface area (Å²) in [5.74, 6) is 0.0927. The number of benzene rings is 3. The van der Waals surface area contributed by atoms with Crippen molar-refractivity contribution in [1.29, 1.82) is 0 Å². The number of alkyl carbamates (subject to hydrolysis) is 1. The molecule has 5 heteroatoms. The summed E-state index contributed by atoms with van der Waals surface area (Å²) in [7, 11) is 1.30. The van der Waals surface area contributed by atoms with Gasteiger partial charge in [0, 0.05) is 10.6 Å². The van der Waals surface area contributed by atoms with Crippen LogP contribution in [0.4, 0.5) is 4.79 Å². The largest absolute Gasteiger partial charge is 0.508 e. The number of phenols is 1. The van der Waals surface area contributed by atoms with Crippen LogP contribution in [0.3, 0.4) is 0 Å². The highest BCUT2D eigenvalue weighted by Gasteiger charge is 2.23. The van der Waals surface area contributed by atoms with Crippen molar-refractivity contribution in [3.05, 3.63) is 76.8 Å². The molecule has 4 nitrogen and oxygen atoms in total. The van der Waals surface area contributed by atoms with Gasteiger partial charge >= 0.3 is 6.09 Å². The number of nitrogens with one attached hydrogen (secondary N) is 1. The Kier molecular flexibility index (Phi) is 4.58. The predicted octanol–water partition coefficient (Wildman–Crippen LogP) is 4.64. The third kappa shape index (κ3) is 3.14. The molecule has 2 N–H and O–H groups in total. The molecule has 3 aromatic rings. The zero-order valence-electron chi connectivity index (χ0n) is 13.0. The average Bonchev–Trinajstić information content (AvgIpc) is 2.60. The van der Waals surface area contributed by atoms with Gasteiger partial charge in [0.2, 0.25) is 0 Å². The number of fused-ring (bicyclic) bond motifs is 1. The minimum atomic E-state index is -0.595. The van der Waals surface area contributed by atoms with Crippen molar-refractivity contribution in [2.24, 2.45) is 0 Å². The number of hydrogen-bond donors (Lipinski definition) is 2. The topological polar surface area (TPSA) is 58.6 Å². The average molecular weight is 342 g/mol. The van der Waals surface area contributed by atoms with Crippen LogP contribution >= 0.6 is 11.6 Å². The number of halogens is 1. The lowest BCUT2D eigenvalue weighted by Gasteiger charge is -2.22. The van der Waals surface area contributed by atoms with E-state index in [0.29, 0.717) is 10.6 Å². The highest BCUT2D eigenvalue weighted by molar-refractivity contribution is 6.30. The van der Waals surface area contributed by atoms with Gasteiger partial charge in [-0.3, -0.25) is 0 Å². The monoisotopic (exact) mass is 341 g/mol. The van der Waals surface area contributed by atoms with E-state index in [1.54, 1.807) is 24.3 Å². The van der Waals surface area contributed by atoms with E-state index in [0.717, 1.165) is 16.3 Å². The Labute approximate surface area is 144 Å². The van der Waals surface area contributed by atoms with E-state index in [4.69, 9.17) is 16.3 Å². The summed E-state index contributed by atoms with van der Waals surface area (Å²) in [4.78, 5) is 11.9. The molecule has 0 bridgehead atoms. The van der Waals surface area contributed by atoms with Gasteiger partial charge < -0.3 is 15.2 Å². The van der Waals surface area contributed by atoms with Gasteiger partial charge in [0.15, 0.2) is 0 Å². The first-order valence-corrected chi connectivity index (χ1v) is 7.78. The SMILES string of the molecule is COC(=O)NC(c1cccc(Cl)c1)c1c(O)ccc2ccccc12. The van der Waals surface area contributed by atoms with Gasteiger partial charge in [0.25, 0.3) is 0 Å². The first-order chi connectivity index (χ1) is 11.6. The number of carbonyl (C=O) groups is 1. The first kappa shape index (κ1) is 16.1. The molecule has 0 aliphatic heterocycles. The van der Waals surface area contributed by atoms with E-state index < -0.39 is 12.1 Å². The van der Waals surface area contributed by atoms with Crippen molar-refractivity contribution in [2.45, 2.75) is 6.04 Å². The number of amides is 1. The summed E-state index contributed by atoms with van der Waals surface area (Å²) in [6.07, 6.45) is -0.590. The minimum Gasteiger partial charge on any atom is -0.508 e. The Balaban J connectivity index is 2.22. The number of carbonyl (C=O) groups excluding carboxylic acids is 1. The number of rotatable bonds is 3. The third-order valence-electron chi connectivity index (χ3n) is 3.87. The Hall–Kier alpha value is -2.72. The minimum absolute atomic E-state index is 0.0927. The molecular weight excluding hydrogens is 326 g/mol. The van der Waals surface area contributed by atoms with E-state index in [9.17, 15) is 9.90 Å². The fourth-order valence-electron chi connectivity index (χ4n) is 2.77. The molecule has 0 radical (unpaired) electrons. The van der Waals surface area contributed by atoms with Crippen LogP contribution in [0.2, 0.25) is 5.02 Å². The first-order valence-electron chi connectivity index (χ1n) is 7.40. The van der Waals surface area contributed by atoms with E-state index >= 15 is 0 Å². The molecule has 0 saturated carbocycles. The molecule has 3 aromatic carbocycles. The maximum atomic E-state index is 11.9. The standard InChI is InChI=1S/C19H16ClNO3/c1-24-19(23)21-18(13-6-4-7-14(20)11-13)17-15-8-3-2-5-12(15)9-10-16(17)22/h2-11,18,22H,1H3,(H,21,23). The van der Waals surface area contributed by atoms with Crippen LogP contribution in [-0.2, 0) is 4.74 Å². The molecule has 0 saturated heterocycles. The third-order valence-corrected chi connectivity index (χ3v) is 4.10. The summed E-state index contributed by atoms with van der Waals surface area (Å²) in [5.41, 5.74) is 1.35. The fraction of sp³-hybridized carbons (Fsp3) is 0.105. The second kappa shape index (κ2) is 6.81. The van der Waals surface area contributed by atoms with E-state index in [2.05, 4.69) is 5.32 Å². The van der Waals surface area contributed by atoms with Gasteiger partial charge in [-0.05, 0) is 34.5 Å². The van der Waals surface area contributed by atoms with Crippen LogP contribution in [0.25, 0.3) is 10.8 Å². The van der Waals surface area contributed by atoms with E-state index in [1.807, 2.05) is 36.4 Å². The molecule has 1 atom stereocenters. The van der Waals surface area contributed by atoms with Crippen LogP contribution in [0.5, 0.6) is 5.75 Å². The predicted molar refractivity (Wildman–Crippen MR) is 94.4 cm³/mol. The second-order valence-electron chi connectivity index (χ2n) is 5.34. The fourth-order valence-corrected chi connectivity index (χ4v) is 2.97. The maximum Gasteiger partial charge on any atom is 0.407 e. The lowest BCUT2D eigenvalue weighted by Crippen LogP contribution is -2.29. The van der Waals surface area contributed by atoms with Crippen molar-refractivity contribution in [3.63, 3.8) is 0 Å². The number of hydrogen-bond acceptors (Lipinski definition) is 3. The van der Waals surface area contributed by atoms with Crippen LogP contribution in [-0.4, -0.2) is 18.3 Å². The van der Waals surface area contributed by atoms with Crippen LogP contribution in [0, 0.1) is 0 Å². The summed E-state index contributed by atoms with van der Waals surface area (Å²) >= 11 is 6.10. The van der Waals surface area contributed by atoms with Crippen molar-refractivity contribution in [3.8, 4) is 5.75 Å². The summed E-state index contributed by atoms with van der Waals surface area (Å²) in [5, 5.41) is 15.6. The molecule has 0 aromatic heterocycles. The molecule has 0 spiro atoms. The zero-order chi connectivity index (χ0) is 17.1. The van der Waals surface area contributed by atoms with Gasteiger partial charge in [0.05, 0.1) is 13.2 Å². The van der Waals surface area contributed by atoms with Crippen molar-refractivity contribution < 1.29 is 14.6 Å². The molecule has 1 unspecified atom stereocenters. The van der Waals surface area contributed by atoms with E-state index in [-0.39, 0.29) is 5.75 Å². The molecule has 3 rings (SSSR count). The quantitative estimate of drug-likeness (QED) is 0.729. The summed E-state index contributed by atoms with van der Waals surface area (Å²) < 4.78 is 4.74. The lowest BCUT2D eigenvalue weighted by atomic mass is 9.93. The van der Waals surface area contributed by atoms with Crippen LogP contribution in [0.1, 0.15) is 17.2 Å². The number of phenolic OH excluding ortho intramolecular Hbond substituents is 1. The van der Waals surface area contributed by atoms with Gasteiger partial charge in [-0.1, -0.05) is 54.1 Å². The molecule has 24 heavy (non-hydrogen) atoms. The molecule has 0 aliphatic rings. The highest BCUT2D eigenvalue weighted by atomic mass is 35.5. The zero-order valence-corrected chi connectivity index (χ0v) is 13.7. The Morgan fingerprint density at radius 1 is 1.12 bits per heavy atom. The second-order valence-corrected chi connectivity index (χ2v) is 5.78.